The lowest BCUT2D eigenvalue weighted by Gasteiger charge is -2.29. The number of urea groups is 1. The number of aromatic nitrogens is 3. The number of hydrogen-bond donors (Lipinski definition) is 2. The number of carbonyl (C=O) groups is 1. The third kappa shape index (κ3) is 4.57. The summed E-state index contributed by atoms with van der Waals surface area (Å²) < 4.78 is 6.86. The van der Waals surface area contributed by atoms with Crippen LogP contribution in [0.25, 0.3) is 5.82 Å². The number of carbonyl (C=O) groups excluding carboxylic acids is 1. The highest BCUT2D eigenvalue weighted by Crippen LogP contribution is 2.40. The van der Waals surface area contributed by atoms with Gasteiger partial charge in [0.25, 0.3) is 0 Å². The van der Waals surface area contributed by atoms with Crippen molar-refractivity contribution in [1.29, 1.82) is 0 Å². The molecule has 7 heteroatoms. The van der Waals surface area contributed by atoms with Crippen molar-refractivity contribution in [1.82, 2.24) is 20.1 Å². The predicted octanol–water partition coefficient (Wildman–Crippen LogP) is 2.99. The Balaban J connectivity index is 1.53. The minimum atomic E-state index is -0.204. The van der Waals surface area contributed by atoms with Crippen LogP contribution in [0.5, 0.6) is 0 Å². The normalized spacial score (nSPS) is 15.9. The van der Waals surface area contributed by atoms with Crippen LogP contribution < -0.4 is 10.6 Å². The van der Waals surface area contributed by atoms with Crippen LogP contribution in [0, 0.1) is 5.41 Å². The highest BCUT2D eigenvalue weighted by Gasteiger charge is 2.33. The summed E-state index contributed by atoms with van der Waals surface area (Å²) in [6.07, 6.45) is 10.8. The van der Waals surface area contributed by atoms with Crippen molar-refractivity contribution in [2.45, 2.75) is 32.1 Å². The van der Waals surface area contributed by atoms with E-state index in [1.165, 1.54) is 12.8 Å². The molecule has 0 saturated heterocycles. The number of anilines is 1. The van der Waals surface area contributed by atoms with Gasteiger partial charge in [0.1, 0.15) is 0 Å². The van der Waals surface area contributed by atoms with Crippen LogP contribution in [0.1, 0.15) is 32.1 Å². The lowest BCUT2D eigenvalue weighted by Crippen LogP contribution is -2.38. The van der Waals surface area contributed by atoms with E-state index in [1.54, 1.807) is 30.4 Å². The Hall–Kier alpha value is -2.41. The molecule has 0 spiro atoms. The fourth-order valence-corrected chi connectivity index (χ4v) is 3.40. The first-order chi connectivity index (χ1) is 12.2. The van der Waals surface area contributed by atoms with Crippen LogP contribution in [0.4, 0.5) is 10.5 Å². The molecular formula is C18H25N5O2. The van der Waals surface area contributed by atoms with Crippen molar-refractivity contribution in [2.24, 2.45) is 5.41 Å². The van der Waals surface area contributed by atoms with Gasteiger partial charge in [-0.15, -0.1) is 0 Å². The maximum absolute atomic E-state index is 12.2. The second-order valence-electron chi connectivity index (χ2n) is 6.62. The van der Waals surface area contributed by atoms with Crippen LogP contribution in [-0.4, -0.2) is 41.1 Å². The van der Waals surface area contributed by atoms with Gasteiger partial charge in [-0.1, -0.05) is 18.9 Å². The Labute approximate surface area is 147 Å². The van der Waals surface area contributed by atoms with Crippen LogP contribution in [-0.2, 0) is 4.74 Å². The summed E-state index contributed by atoms with van der Waals surface area (Å²) >= 11 is 0. The molecular weight excluding hydrogens is 318 g/mol. The van der Waals surface area contributed by atoms with E-state index >= 15 is 0 Å². The topological polar surface area (TPSA) is 81.1 Å². The molecule has 3 rings (SSSR count). The molecule has 1 aliphatic carbocycles. The molecule has 2 N–H and O–H groups in total. The highest BCUT2D eigenvalue weighted by molar-refractivity contribution is 5.88. The molecule has 25 heavy (non-hydrogen) atoms. The molecule has 2 aromatic heterocycles. The van der Waals surface area contributed by atoms with Gasteiger partial charge in [0, 0.05) is 26.5 Å². The molecule has 0 aromatic carbocycles. The van der Waals surface area contributed by atoms with E-state index in [1.807, 2.05) is 18.2 Å². The Kier molecular flexibility index (Phi) is 5.65. The molecule has 2 amide bonds. The summed E-state index contributed by atoms with van der Waals surface area (Å²) in [5, 5.41) is 10.1. The van der Waals surface area contributed by atoms with Crippen molar-refractivity contribution < 1.29 is 9.53 Å². The van der Waals surface area contributed by atoms with Crippen molar-refractivity contribution in [2.75, 3.05) is 25.6 Å². The molecule has 0 atom stereocenters. The zero-order valence-corrected chi connectivity index (χ0v) is 14.6. The minimum Gasteiger partial charge on any atom is -0.385 e. The molecule has 1 aliphatic rings. The fraction of sp³-hybridized carbons (Fsp3) is 0.500. The van der Waals surface area contributed by atoms with Crippen LogP contribution in [0.15, 0.2) is 36.8 Å². The second-order valence-corrected chi connectivity index (χ2v) is 6.62. The number of pyridine rings is 1. The smallest absolute Gasteiger partial charge is 0.319 e. The average Bonchev–Trinajstić information content (AvgIpc) is 3.29. The molecule has 7 nitrogen and oxygen atoms in total. The van der Waals surface area contributed by atoms with E-state index in [9.17, 15) is 4.79 Å². The Morgan fingerprint density at radius 3 is 2.92 bits per heavy atom. The SMILES string of the molecule is COCCC1(CNC(=O)Nc2cnn(-c3ccccn3)c2)CCCC1. The first kappa shape index (κ1) is 17.4. The van der Waals surface area contributed by atoms with E-state index in [2.05, 4.69) is 20.7 Å². The van der Waals surface area contributed by atoms with Gasteiger partial charge in [-0.2, -0.15) is 5.10 Å². The molecule has 0 radical (unpaired) electrons. The summed E-state index contributed by atoms with van der Waals surface area (Å²) in [5.41, 5.74) is 0.811. The molecule has 1 fully saturated rings. The molecule has 0 aliphatic heterocycles. The van der Waals surface area contributed by atoms with Gasteiger partial charge >= 0.3 is 6.03 Å². The van der Waals surface area contributed by atoms with Gasteiger partial charge in [0.2, 0.25) is 0 Å². The van der Waals surface area contributed by atoms with Gasteiger partial charge in [-0.3, -0.25) is 0 Å². The zero-order valence-electron chi connectivity index (χ0n) is 14.6. The zero-order chi connectivity index (χ0) is 17.5. The first-order valence-corrected chi connectivity index (χ1v) is 8.71. The lowest BCUT2D eigenvalue weighted by molar-refractivity contribution is 0.136. The number of methoxy groups -OCH3 is 1. The highest BCUT2D eigenvalue weighted by atomic mass is 16.5. The Morgan fingerprint density at radius 2 is 2.20 bits per heavy atom. The minimum absolute atomic E-state index is 0.172. The number of amides is 2. The Bertz CT molecular complexity index is 680. The summed E-state index contributed by atoms with van der Waals surface area (Å²) in [6.45, 7) is 1.41. The molecule has 0 unspecified atom stereocenters. The predicted molar refractivity (Wildman–Crippen MR) is 95.8 cm³/mol. The van der Waals surface area contributed by atoms with Crippen molar-refractivity contribution in [3.05, 3.63) is 36.8 Å². The van der Waals surface area contributed by atoms with E-state index < -0.39 is 0 Å². The molecule has 1 saturated carbocycles. The van der Waals surface area contributed by atoms with Gasteiger partial charge in [-0.25, -0.2) is 14.5 Å². The second kappa shape index (κ2) is 8.11. The summed E-state index contributed by atoms with van der Waals surface area (Å²) in [5.74, 6) is 0.709. The average molecular weight is 343 g/mol. The van der Waals surface area contributed by atoms with E-state index in [4.69, 9.17) is 4.74 Å². The van der Waals surface area contributed by atoms with E-state index in [0.717, 1.165) is 25.9 Å². The number of nitrogens with zero attached hydrogens (tertiary/aromatic N) is 3. The number of nitrogens with one attached hydrogen (secondary N) is 2. The lowest BCUT2D eigenvalue weighted by atomic mass is 9.83. The number of hydrogen-bond acceptors (Lipinski definition) is 4. The maximum Gasteiger partial charge on any atom is 0.319 e. The largest absolute Gasteiger partial charge is 0.385 e. The maximum atomic E-state index is 12.2. The van der Waals surface area contributed by atoms with Crippen molar-refractivity contribution in [3.8, 4) is 5.82 Å². The Morgan fingerprint density at radius 1 is 1.36 bits per heavy atom. The van der Waals surface area contributed by atoms with Crippen LogP contribution in [0.3, 0.4) is 0 Å². The quantitative estimate of drug-likeness (QED) is 0.810. The number of rotatable bonds is 7. The van der Waals surface area contributed by atoms with Gasteiger partial charge < -0.3 is 15.4 Å². The first-order valence-electron chi connectivity index (χ1n) is 8.71. The van der Waals surface area contributed by atoms with Gasteiger partial charge in [-0.05, 0) is 36.8 Å². The van der Waals surface area contributed by atoms with Crippen LogP contribution in [0.2, 0.25) is 0 Å². The van der Waals surface area contributed by atoms with Crippen molar-refractivity contribution in [3.63, 3.8) is 0 Å². The number of ether oxygens (including phenoxy) is 1. The standard InChI is InChI=1S/C18H25N5O2/c1-25-11-9-18(7-3-4-8-18)14-20-17(24)22-15-12-21-23(13-15)16-6-2-5-10-19-16/h2,5-6,10,12-13H,3-4,7-9,11,14H2,1H3,(H2,20,22,24). The summed E-state index contributed by atoms with van der Waals surface area (Å²) in [6, 6.07) is 5.40. The monoisotopic (exact) mass is 343 g/mol. The summed E-state index contributed by atoms with van der Waals surface area (Å²) in [4.78, 5) is 16.5. The van der Waals surface area contributed by atoms with Gasteiger partial charge in [0.05, 0.1) is 18.1 Å². The van der Waals surface area contributed by atoms with Crippen molar-refractivity contribution >= 4 is 11.7 Å². The van der Waals surface area contributed by atoms with Gasteiger partial charge in [0.15, 0.2) is 5.82 Å². The summed E-state index contributed by atoms with van der Waals surface area (Å²) in [7, 11) is 1.72. The third-order valence-electron chi connectivity index (χ3n) is 4.85. The molecule has 0 bridgehead atoms. The molecule has 2 aromatic rings. The third-order valence-corrected chi connectivity index (χ3v) is 4.85. The van der Waals surface area contributed by atoms with Crippen LogP contribution >= 0.6 is 0 Å². The molecule has 2 heterocycles. The molecule has 134 valence electrons. The van der Waals surface area contributed by atoms with E-state index in [-0.39, 0.29) is 11.4 Å². The fourth-order valence-electron chi connectivity index (χ4n) is 3.40. The van der Waals surface area contributed by atoms with E-state index in [0.29, 0.717) is 18.1 Å².